The van der Waals surface area contributed by atoms with Crippen LogP contribution >= 0.6 is 0 Å². The maximum atomic E-state index is 9.59. The Bertz CT molecular complexity index is 173. The van der Waals surface area contributed by atoms with E-state index in [4.69, 9.17) is 19.3 Å². The molecule has 1 rings (SSSR count). The second-order valence-electron chi connectivity index (χ2n) is 3.14. The van der Waals surface area contributed by atoms with Crippen LogP contribution in [0, 0.1) is 0 Å². The lowest BCUT2D eigenvalue weighted by molar-refractivity contribution is -0.298. The molecule has 5 atom stereocenters. The molecule has 6 heteroatoms. The Labute approximate surface area is 82.0 Å². The SMILES string of the molecule is CO[C@H]1O[C@H](CO)[C@@H](OC)[C@@H](O)[C@H]1O. The number of aliphatic hydroxyl groups excluding tert-OH is 3. The second-order valence-corrected chi connectivity index (χ2v) is 3.14. The largest absolute Gasteiger partial charge is 0.394 e. The zero-order valence-corrected chi connectivity index (χ0v) is 8.16. The average Bonchev–Trinajstić information content (AvgIpc) is 2.21. The molecule has 1 aliphatic heterocycles. The van der Waals surface area contributed by atoms with Crippen molar-refractivity contribution >= 4 is 0 Å². The van der Waals surface area contributed by atoms with E-state index in [0.29, 0.717) is 0 Å². The maximum Gasteiger partial charge on any atom is 0.186 e. The van der Waals surface area contributed by atoms with E-state index in [1.807, 2.05) is 0 Å². The zero-order valence-electron chi connectivity index (χ0n) is 8.16. The van der Waals surface area contributed by atoms with Gasteiger partial charge in [-0.25, -0.2) is 0 Å². The summed E-state index contributed by atoms with van der Waals surface area (Å²) in [5.41, 5.74) is 0. The van der Waals surface area contributed by atoms with E-state index in [2.05, 4.69) is 0 Å². The minimum Gasteiger partial charge on any atom is -0.394 e. The maximum absolute atomic E-state index is 9.59. The minimum atomic E-state index is -1.17. The van der Waals surface area contributed by atoms with Crippen molar-refractivity contribution in [2.75, 3.05) is 20.8 Å². The van der Waals surface area contributed by atoms with Gasteiger partial charge < -0.3 is 29.5 Å². The fourth-order valence-electron chi connectivity index (χ4n) is 1.54. The highest BCUT2D eigenvalue weighted by Gasteiger charge is 2.44. The molecule has 0 aliphatic carbocycles. The first-order valence-electron chi connectivity index (χ1n) is 4.33. The first-order chi connectivity index (χ1) is 6.65. The molecule has 0 spiro atoms. The van der Waals surface area contributed by atoms with Crippen LogP contribution in [0.15, 0.2) is 0 Å². The quantitative estimate of drug-likeness (QED) is 0.501. The number of hydrogen-bond donors (Lipinski definition) is 3. The van der Waals surface area contributed by atoms with Gasteiger partial charge in [-0.05, 0) is 0 Å². The number of ether oxygens (including phenoxy) is 3. The van der Waals surface area contributed by atoms with E-state index < -0.39 is 30.7 Å². The first kappa shape index (κ1) is 11.8. The monoisotopic (exact) mass is 208 g/mol. The molecule has 1 aliphatic rings. The van der Waals surface area contributed by atoms with Gasteiger partial charge in [0.1, 0.15) is 24.4 Å². The number of hydrogen-bond acceptors (Lipinski definition) is 6. The predicted octanol–water partition coefficient (Wildman–Crippen LogP) is -1.91. The van der Waals surface area contributed by atoms with Crippen LogP contribution < -0.4 is 0 Å². The summed E-state index contributed by atoms with van der Waals surface area (Å²) >= 11 is 0. The lowest BCUT2D eigenvalue weighted by Gasteiger charge is -2.40. The second kappa shape index (κ2) is 5.01. The van der Waals surface area contributed by atoms with Crippen molar-refractivity contribution in [3.05, 3.63) is 0 Å². The molecule has 14 heavy (non-hydrogen) atoms. The Hall–Kier alpha value is -0.240. The van der Waals surface area contributed by atoms with Crippen molar-refractivity contribution in [2.24, 2.45) is 0 Å². The van der Waals surface area contributed by atoms with Gasteiger partial charge in [0, 0.05) is 14.2 Å². The van der Waals surface area contributed by atoms with Crippen LogP contribution in [0.3, 0.4) is 0 Å². The van der Waals surface area contributed by atoms with Gasteiger partial charge in [0.15, 0.2) is 6.29 Å². The van der Waals surface area contributed by atoms with Crippen LogP contribution in [-0.2, 0) is 14.2 Å². The average molecular weight is 208 g/mol. The molecule has 0 bridgehead atoms. The highest BCUT2D eigenvalue weighted by Crippen LogP contribution is 2.23. The molecule has 0 aromatic rings. The molecule has 0 unspecified atom stereocenters. The van der Waals surface area contributed by atoms with E-state index in [1.165, 1.54) is 14.2 Å². The van der Waals surface area contributed by atoms with Crippen molar-refractivity contribution in [1.29, 1.82) is 0 Å². The van der Waals surface area contributed by atoms with Crippen molar-refractivity contribution in [3.8, 4) is 0 Å². The lowest BCUT2D eigenvalue weighted by atomic mass is 9.99. The highest BCUT2D eigenvalue weighted by atomic mass is 16.7. The summed E-state index contributed by atoms with van der Waals surface area (Å²) in [6.45, 7) is -0.303. The van der Waals surface area contributed by atoms with Gasteiger partial charge in [0.05, 0.1) is 6.61 Å². The predicted molar refractivity (Wildman–Crippen MR) is 45.6 cm³/mol. The van der Waals surface area contributed by atoms with E-state index in [9.17, 15) is 10.2 Å². The molecule has 0 saturated carbocycles. The molecule has 0 aromatic heterocycles. The number of rotatable bonds is 3. The number of methoxy groups -OCH3 is 2. The highest BCUT2D eigenvalue weighted by molar-refractivity contribution is 4.89. The van der Waals surface area contributed by atoms with Crippen LogP contribution in [0.5, 0.6) is 0 Å². The third-order valence-electron chi connectivity index (χ3n) is 2.33. The number of aliphatic hydroxyl groups is 3. The molecule has 84 valence electrons. The van der Waals surface area contributed by atoms with Crippen LogP contribution in [0.25, 0.3) is 0 Å². The van der Waals surface area contributed by atoms with Crippen LogP contribution in [0.4, 0.5) is 0 Å². The van der Waals surface area contributed by atoms with Crippen molar-refractivity contribution in [1.82, 2.24) is 0 Å². The van der Waals surface area contributed by atoms with Crippen molar-refractivity contribution in [2.45, 2.75) is 30.7 Å². The molecule has 0 amide bonds. The third kappa shape index (κ3) is 2.05. The summed E-state index contributed by atoms with van der Waals surface area (Å²) in [6.07, 6.45) is -4.68. The normalized spacial score (nSPS) is 43.9. The zero-order chi connectivity index (χ0) is 10.7. The van der Waals surface area contributed by atoms with Crippen molar-refractivity contribution < 1.29 is 29.5 Å². The minimum absolute atomic E-state index is 0.303. The molecule has 3 N–H and O–H groups in total. The van der Waals surface area contributed by atoms with Gasteiger partial charge in [-0.3, -0.25) is 0 Å². The van der Waals surface area contributed by atoms with Crippen LogP contribution in [-0.4, -0.2) is 66.9 Å². The fourth-order valence-corrected chi connectivity index (χ4v) is 1.54. The van der Waals surface area contributed by atoms with Gasteiger partial charge in [0.2, 0.25) is 0 Å². The Kier molecular flexibility index (Phi) is 4.24. The molecule has 0 radical (unpaired) electrons. The van der Waals surface area contributed by atoms with Gasteiger partial charge in [-0.15, -0.1) is 0 Å². The third-order valence-corrected chi connectivity index (χ3v) is 2.33. The Morgan fingerprint density at radius 2 is 1.79 bits per heavy atom. The topological polar surface area (TPSA) is 88.4 Å². The Balaban J connectivity index is 2.71. The molecular formula is C8H16O6. The Morgan fingerprint density at radius 3 is 2.21 bits per heavy atom. The van der Waals surface area contributed by atoms with Crippen molar-refractivity contribution in [3.63, 3.8) is 0 Å². The standard InChI is InChI=1S/C8H16O6/c1-12-7-4(3-9)14-8(13-2)6(11)5(7)10/h4-11H,3H2,1-2H3/t4-,5+,6-,7-,8+/m1/s1. The lowest BCUT2D eigenvalue weighted by Crippen LogP contribution is -2.59. The fraction of sp³-hybridized carbons (Fsp3) is 1.00. The summed E-state index contributed by atoms with van der Waals surface area (Å²) in [5.74, 6) is 0. The van der Waals surface area contributed by atoms with E-state index in [0.717, 1.165) is 0 Å². The molecule has 1 saturated heterocycles. The molecule has 6 nitrogen and oxygen atoms in total. The van der Waals surface area contributed by atoms with Gasteiger partial charge >= 0.3 is 0 Å². The van der Waals surface area contributed by atoms with Crippen LogP contribution in [0.2, 0.25) is 0 Å². The summed E-state index contributed by atoms with van der Waals surface area (Å²) in [4.78, 5) is 0. The van der Waals surface area contributed by atoms with E-state index >= 15 is 0 Å². The van der Waals surface area contributed by atoms with Gasteiger partial charge in [-0.1, -0.05) is 0 Å². The summed E-state index contributed by atoms with van der Waals surface area (Å²) < 4.78 is 14.9. The molecule has 1 heterocycles. The van der Waals surface area contributed by atoms with Gasteiger partial charge in [-0.2, -0.15) is 0 Å². The van der Waals surface area contributed by atoms with E-state index in [1.54, 1.807) is 0 Å². The Morgan fingerprint density at radius 1 is 1.14 bits per heavy atom. The van der Waals surface area contributed by atoms with Crippen LogP contribution in [0.1, 0.15) is 0 Å². The molecule has 0 aromatic carbocycles. The molecule has 1 fully saturated rings. The summed E-state index contributed by atoms with van der Waals surface area (Å²) in [6, 6.07) is 0. The smallest absolute Gasteiger partial charge is 0.186 e. The summed E-state index contributed by atoms with van der Waals surface area (Å²) in [7, 11) is 2.72. The summed E-state index contributed by atoms with van der Waals surface area (Å²) in [5, 5.41) is 28.0. The molecular weight excluding hydrogens is 192 g/mol. The first-order valence-corrected chi connectivity index (χ1v) is 4.33. The van der Waals surface area contributed by atoms with E-state index in [-0.39, 0.29) is 6.61 Å². The van der Waals surface area contributed by atoms with Gasteiger partial charge in [0.25, 0.3) is 0 Å².